The molecule has 9 nitrogen and oxygen atoms in total. The van der Waals surface area contributed by atoms with E-state index in [1.165, 1.54) is 4.57 Å². The van der Waals surface area contributed by atoms with E-state index >= 15 is 0 Å². The van der Waals surface area contributed by atoms with Gasteiger partial charge in [-0.15, -0.1) is 0 Å². The molecule has 0 saturated carbocycles. The number of ether oxygens (including phenoxy) is 2. The van der Waals surface area contributed by atoms with Crippen LogP contribution in [0.3, 0.4) is 0 Å². The third-order valence-electron chi connectivity index (χ3n) is 6.51. The summed E-state index contributed by atoms with van der Waals surface area (Å²) < 4.78 is 12.8. The average Bonchev–Trinajstić information content (AvgIpc) is 2.86. The van der Waals surface area contributed by atoms with Crippen molar-refractivity contribution in [3.05, 3.63) is 64.7 Å². The van der Waals surface area contributed by atoms with Crippen molar-refractivity contribution >= 4 is 22.9 Å². The number of piperidine rings is 1. The van der Waals surface area contributed by atoms with Crippen LogP contribution >= 0.6 is 0 Å². The number of benzene rings is 2. The molecule has 202 valence electrons. The first kappa shape index (κ1) is 27.2. The lowest BCUT2D eigenvalue weighted by Crippen LogP contribution is -2.40. The van der Waals surface area contributed by atoms with Crippen LogP contribution in [0, 0.1) is 5.92 Å². The van der Waals surface area contributed by atoms with Crippen molar-refractivity contribution in [2.75, 3.05) is 19.7 Å². The van der Waals surface area contributed by atoms with Crippen LogP contribution in [0.1, 0.15) is 59.3 Å². The van der Waals surface area contributed by atoms with Crippen molar-refractivity contribution in [3.63, 3.8) is 0 Å². The number of rotatable bonds is 6. The van der Waals surface area contributed by atoms with Crippen LogP contribution in [0.2, 0.25) is 0 Å². The molecule has 1 fully saturated rings. The van der Waals surface area contributed by atoms with E-state index in [0.29, 0.717) is 41.8 Å². The summed E-state index contributed by atoms with van der Waals surface area (Å²) in [6.45, 7) is 10.6. The van der Waals surface area contributed by atoms with Crippen LogP contribution in [0.5, 0.6) is 5.75 Å². The largest absolute Gasteiger partial charge is 0.483 e. The fourth-order valence-electron chi connectivity index (χ4n) is 4.49. The van der Waals surface area contributed by atoms with E-state index in [1.54, 1.807) is 58.0 Å². The van der Waals surface area contributed by atoms with Gasteiger partial charge in [-0.2, -0.15) is 0 Å². The highest BCUT2D eigenvalue weighted by molar-refractivity contribution is 5.85. The second-order valence-corrected chi connectivity index (χ2v) is 10.8. The second-order valence-electron chi connectivity index (χ2n) is 10.8. The molecule has 1 aromatic heterocycles. The Balaban J connectivity index is 1.70. The lowest BCUT2D eigenvalue weighted by molar-refractivity contribution is -0.134. The predicted molar refractivity (Wildman–Crippen MR) is 146 cm³/mol. The number of para-hydroxylation sites is 1. The molecule has 4 rings (SSSR count). The maximum atomic E-state index is 14.0. The zero-order valence-electron chi connectivity index (χ0n) is 22.7. The Morgan fingerprint density at radius 2 is 1.76 bits per heavy atom. The summed E-state index contributed by atoms with van der Waals surface area (Å²) in [6.07, 6.45) is 1.34. The number of alkyl carbamates (subject to hydrolysis) is 1. The molecule has 3 aromatic rings. The van der Waals surface area contributed by atoms with Gasteiger partial charge in [-0.25, -0.2) is 9.78 Å². The summed E-state index contributed by atoms with van der Waals surface area (Å²) in [5.41, 5.74) is -0.0285. The fraction of sp³-hybridized carbons (Fsp3) is 0.448. The predicted octanol–water partition coefficient (Wildman–Crippen LogP) is 4.61. The Kier molecular flexibility index (Phi) is 8.04. The molecule has 1 atom stereocenters. The molecule has 0 spiro atoms. The Hall–Kier alpha value is -3.88. The lowest BCUT2D eigenvalue weighted by Gasteiger charge is -2.30. The standard InChI is InChI=1S/C29H36N4O5/c1-19-14-16-32(17-15-19)24(34)18-37-23-13-9-12-22-25(23)27(35)33(21-10-7-6-8-11-21)26(31-22)20(2)30-28(36)38-29(3,4)5/h6-13,19-20H,14-18H2,1-5H3,(H,30,36)/t20-/m0/s1. The van der Waals surface area contributed by atoms with Crippen LogP contribution in [0.25, 0.3) is 16.6 Å². The second kappa shape index (κ2) is 11.2. The fourth-order valence-corrected chi connectivity index (χ4v) is 4.49. The summed E-state index contributed by atoms with van der Waals surface area (Å²) in [4.78, 5) is 45.8. The Labute approximate surface area is 222 Å². The molecular formula is C29H36N4O5. The van der Waals surface area contributed by atoms with Gasteiger partial charge in [0.05, 0.1) is 17.2 Å². The minimum Gasteiger partial charge on any atom is -0.483 e. The number of hydrogen-bond donors (Lipinski definition) is 1. The van der Waals surface area contributed by atoms with E-state index in [9.17, 15) is 14.4 Å². The van der Waals surface area contributed by atoms with E-state index in [-0.39, 0.29) is 23.5 Å². The van der Waals surface area contributed by atoms with Crippen molar-refractivity contribution in [2.24, 2.45) is 5.92 Å². The van der Waals surface area contributed by atoms with Crippen molar-refractivity contribution in [3.8, 4) is 11.4 Å². The molecule has 1 aliphatic heterocycles. The number of nitrogens with one attached hydrogen (secondary N) is 1. The smallest absolute Gasteiger partial charge is 0.408 e. The summed E-state index contributed by atoms with van der Waals surface area (Å²) in [5, 5.41) is 3.05. The monoisotopic (exact) mass is 520 g/mol. The van der Waals surface area contributed by atoms with Crippen molar-refractivity contribution in [2.45, 2.75) is 59.1 Å². The number of likely N-dealkylation sites (tertiary alicyclic amines) is 1. The molecule has 38 heavy (non-hydrogen) atoms. The van der Waals surface area contributed by atoms with Gasteiger partial charge in [0.1, 0.15) is 22.6 Å². The lowest BCUT2D eigenvalue weighted by atomic mass is 9.99. The molecule has 0 unspecified atom stereocenters. The van der Waals surface area contributed by atoms with Crippen LogP contribution in [-0.4, -0.2) is 51.7 Å². The minimum atomic E-state index is -0.671. The molecule has 1 saturated heterocycles. The highest BCUT2D eigenvalue weighted by atomic mass is 16.6. The Morgan fingerprint density at radius 1 is 1.08 bits per heavy atom. The number of fused-ring (bicyclic) bond motifs is 1. The SMILES string of the molecule is CC1CCN(C(=O)COc2cccc3nc([C@H](C)NC(=O)OC(C)(C)C)n(-c4ccccc4)c(=O)c23)CC1. The van der Waals surface area contributed by atoms with Crippen LogP contribution in [-0.2, 0) is 9.53 Å². The molecule has 2 aromatic carbocycles. The first-order chi connectivity index (χ1) is 18.0. The summed E-state index contributed by atoms with van der Waals surface area (Å²) >= 11 is 0. The van der Waals surface area contributed by atoms with Gasteiger partial charge in [0.15, 0.2) is 6.61 Å². The third-order valence-corrected chi connectivity index (χ3v) is 6.51. The quantitative estimate of drug-likeness (QED) is 0.509. The Bertz CT molecular complexity index is 1360. The van der Waals surface area contributed by atoms with Gasteiger partial charge < -0.3 is 19.7 Å². The van der Waals surface area contributed by atoms with Crippen LogP contribution in [0.4, 0.5) is 4.79 Å². The van der Waals surface area contributed by atoms with Gasteiger partial charge in [-0.05, 0) is 70.7 Å². The number of aromatic nitrogens is 2. The number of carbonyl (C=O) groups excluding carboxylic acids is 2. The molecule has 9 heteroatoms. The van der Waals surface area contributed by atoms with E-state index in [1.807, 2.05) is 23.1 Å². The molecule has 1 aliphatic rings. The minimum absolute atomic E-state index is 0.1000. The van der Waals surface area contributed by atoms with Crippen LogP contribution < -0.4 is 15.6 Å². The zero-order chi connectivity index (χ0) is 27.4. The molecule has 0 radical (unpaired) electrons. The van der Waals surface area contributed by atoms with E-state index in [2.05, 4.69) is 12.2 Å². The molecule has 0 bridgehead atoms. The maximum absolute atomic E-state index is 14.0. The highest BCUT2D eigenvalue weighted by Gasteiger charge is 2.25. The molecular weight excluding hydrogens is 484 g/mol. The van der Waals surface area contributed by atoms with Gasteiger partial charge in [0.2, 0.25) is 0 Å². The maximum Gasteiger partial charge on any atom is 0.408 e. The third kappa shape index (κ3) is 6.33. The Morgan fingerprint density at radius 3 is 2.42 bits per heavy atom. The van der Waals surface area contributed by atoms with Gasteiger partial charge in [-0.3, -0.25) is 14.2 Å². The highest BCUT2D eigenvalue weighted by Crippen LogP contribution is 2.25. The van der Waals surface area contributed by atoms with Gasteiger partial charge in [-0.1, -0.05) is 31.2 Å². The number of amides is 2. The number of nitrogens with zero attached hydrogens (tertiary/aromatic N) is 3. The normalized spacial score (nSPS) is 15.2. The first-order valence-electron chi connectivity index (χ1n) is 13.0. The van der Waals surface area contributed by atoms with Crippen molar-refractivity contribution in [1.82, 2.24) is 19.8 Å². The number of hydrogen-bond acceptors (Lipinski definition) is 6. The topological polar surface area (TPSA) is 103 Å². The zero-order valence-corrected chi connectivity index (χ0v) is 22.7. The van der Waals surface area contributed by atoms with Gasteiger partial charge >= 0.3 is 6.09 Å². The summed E-state index contributed by atoms with van der Waals surface area (Å²) in [5.74, 6) is 1.15. The van der Waals surface area contributed by atoms with Crippen molar-refractivity contribution in [1.29, 1.82) is 0 Å². The average molecular weight is 521 g/mol. The van der Waals surface area contributed by atoms with E-state index < -0.39 is 17.7 Å². The summed E-state index contributed by atoms with van der Waals surface area (Å²) in [7, 11) is 0. The first-order valence-corrected chi connectivity index (χ1v) is 13.0. The molecule has 0 aliphatic carbocycles. The molecule has 2 heterocycles. The summed E-state index contributed by atoms with van der Waals surface area (Å²) in [6, 6.07) is 13.6. The van der Waals surface area contributed by atoms with E-state index in [4.69, 9.17) is 14.5 Å². The van der Waals surface area contributed by atoms with E-state index in [0.717, 1.165) is 12.8 Å². The number of carbonyl (C=O) groups is 2. The molecule has 1 N–H and O–H groups in total. The van der Waals surface area contributed by atoms with Crippen molar-refractivity contribution < 1.29 is 19.1 Å². The van der Waals surface area contributed by atoms with Crippen LogP contribution in [0.15, 0.2) is 53.3 Å². The van der Waals surface area contributed by atoms with Gasteiger partial charge in [0, 0.05) is 13.1 Å². The van der Waals surface area contributed by atoms with Gasteiger partial charge in [0.25, 0.3) is 11.5 Å². The molecule has 2 amide bonds.